The third kappa shape index (κ3) is 7.03. The molecule has 2 N–H and O–H groups in total. The van der Waals surface area contributed by atoms with Crippen molar-refractivity contribution >= 4 is 40.3 Å². The molecule has 0 aromatic carbocycles. The van der Waals surface area contributed by atoms with Crippen molar-refractivity contribution in [3.05, 3.63) is 0 Å². The van der Waals surface area contributed by atoms with Crippen molar-refractivity contribution in [3.8, 4) is 0 Å². The zero-order chi connectivity index (χ0) is 32.2. The van der Waals surface area contributed by atoms with E-state index in [2.05, 4.69) is 4.90 Å². The van der Waals surface area contributed by atoms with Gasteiger partial charge in [0.05, 0.1) is 25.0 Å². The van der Waals surface area contributed by atoms with Crippen LogP contribution in [0.5, 0.6) is 0 Å². The van der Waals surface area contributed by atoms with Crippen LogP contribution in [-0.4, -0.2) is 112 Å². The molecule has 9 aliphatic rings. The first-order valence-electron chi connectivity index (χ1n) is 17.0. The Morgan fingerprint density at radius 2 is 0.978 bits per heavy atom. The topological polar surface area (TPSA) is 151 Å². The smallest absolute Gasteiger partial charge is 0.309 e. The average Bonchev–Trinajstić information content (AvgIpc) is 2.96. The van der Waals surface area contributed by atoms with Crippen molar-refractivity contribution in [1.82, 2.24) is 9.80 Å². The molecule has 6 heterocycles. The lowest BCUT2D eigenvalue weighted by atomic mass is 9.73. The Morgan fingerprint density at radius 1 is 0.622 bits per heavy atom. The van der Waals surface area contributed by atoms with Gasteiger partial charge in [0.15, 0.2) is 11.6 Å². The molecule has 9 rings (SSSR count). The Hall–Kier alpha value is -1.92. The van der Waals surface area contributed by atoms with Crippen LogP contribution >= 0.6 is 11.6 Å². The van der Waals surface area contributed by atoms with Crippen molar-refractivity contribution in [2.24, 2.45) is 29.6 Å². The van der Waals surface area contributed by atoms with Crippen molar-refractivity contribution in [3.63, 3.8) is 0 Å². The van der Waals surface area contributed by atoms with Crippen LogP contribution in [0.2, 0.25) is 0 Å². The molecule has 0 aromatic rings. The minimum absolute atomic E-state index is 0.00908. The van der Waals surface area contributed by atoms with Crippen LogP contribution in [0.4, 0.5) is 0 Å². The third-order valence-corrected chi connectivity index (χ3v) is 11.9. The highest BCUT2D eigenvalue weighted by molar-refractivity contribution is 6.64. The van der Waals surface area contributed by atoms with E-state index in [0.29, 0.717) is 0 Å². The van der Waals surface area contributed by atoms with Gasteiger partial charge in [-0.05, 0) is 88.9 Å². The van der Waals surface area contributed by atoms with Gasteiger partial charge in [-0.25, -0.2) is 0 Å². The van der Waals surface area contributed by atoms with Gasteiger partial charge in [-0.1, -0.05) is 19.3 Å². The highest BCUT2D eigenvalue weighted by Gasteiger charge is 2.55. The Morgan fingerprint density at radius 3 is 1.20 bits per heavy atom. The second kappa shape index (κ2) is 14.9. The normalized spacial score (nSPS) is 31.2. The summed E-state index contributed by atoms with van der Waals surface area (Å²) in [6.07, 6.45) is 12.3. The molecule has 45 heavy (non-hydrogen) atoms. The van der Waals surface area contributed by atoms with E-state index in [9.17, 15) is 34.2 Å². The Labute approximate surface area is 270 Å². The third-order valence-electron chi connectivity index (χ3n) is 11.6. The van der Waals surface area contributed by atoms with Crippen LogP contribution in [0.15, 0.2) is 0 Å². The highest BCUT2D eigenvalue weighted by atomic mass is 35.5. The number of piperidine rings is 6. The summed E-state index contributed by atoms with van der Waals surface area (Å²) in [5.74, 6) is -0.0118. The zero-order valence-corrected chi connectivity index (χ0v) is 27.0. The summed E-state index contributed by atoms with van der Waals surface area (Å²) in [6, 6.07) is 0. The lowest BCUT2D eigenvalue weighted by Crippen LogP contribution is -2.69. The number of hydrogen-bond donors (Lipinski definition) is 2. The van der Waals surface area contributed by atoms with Gasteiger partial charge in [-0.2, -0.15) is 0 Å². The second-order valence-electron chi connectivity index (χ2n) is 14.0. The van der Waals surface area contributed by atoms with Crippen LogP contribution in [0.25, 0.3) is 0 Å². The summed E-state index contributed by atoms with van der Waals surface area (Å²) in [4.78, 5) is 63.4. The van der Waals surface area contributed by atoms with E-state index in [1.165, 1.54) is 6.42 Å². The van der Waals surface area contributed by atoms with Gasteiger partial charge in [0, 0.05) is 30.8 Å². The van der Waals surface area contributed by atoms with E-state index in [-0.39, 0.29) is 84.8 Å². The summed E-state index contributed by atoms with van der Waals surface area (Å²) in [5, 5.41) is 18.3. The van der Waals surface area contributed by atoms with Crippen molar-refractivity contribution in [1.29, 1.82) is 0 Å². The van der Waals surface area contributed by atoms with Crippen LogP contribution in [0.3, 0.4) is 0 Å². The fraction of sp³-hybridized carbons (Fsp3) is 0.848. The number of rotatable bonds is 9. The van der Waals surface area contributed by atoms with Gasteiger partial charge in [0.2, 0.25) is 5.24 Å². The van der Waals surface area contributed by atoms with Crippen molar-refractivity contribution in [2.75, 3.05) is 52.6 Å². The minimum atomic E-state index is -0.958. The second-order valence-corrected chi connectivity index (χ2v) is 14.4. The maximum Gasteiger partial charge on any atom is 0.309 e. The molecule has 0 unspecified atom stereocenters. The molecule has 0 aromatic heterocycles. The van der Waals surface area contributed by atoms with Gasteiger partial charge in [0.25, 0.3) is 0 Å². The lowest BCUT2D eigenvalue weighted by molar-refractivity contribution is -0.177. The zero-order valence-electron chi connectivity index (χ0n) is 26.3. The standard InChI is InChI=1S/C19H27NO5.C9H15NO3.C5H7ClO/c21-16-13-7-9-20(10-8-13)19(16,11-24-17(22)14-3-1-4-14)12-25-18(23)15-5-2-6-15;11-5-9(6-12)8(13)7-1-3-10(9)4-2-7;6-5(7)4-2-1-3-4/h13-15H,1-12H2;7,11-12H,1-6H2;4H,1-3H2. The number of hydrogen-bond acceptors (Lipinski definition) is 11. The fourth-order valence-electron chi connectivity index (χ4n) is 7.52. The van der Waals surface area contributed by atoms with Gasteiger partial charge >= 0.3 is 11.9 Å². The molecule has 0 spiro atoms. The molecule has 11 nitrogen and oxygen atoms in total. The lowest BCUT2D eigenvalue weighted by Gasteiger charge is -2.51. The number of halogens is 1. The maximum absolute atomic E-state index is 13.0. The monoisotopic (exact) mass is 652 g/mol. The molecule has 3 saturated carbocycles. The van der Waals surface area contributed by atoms with Crippen LogP contribution in [0, 0.1) is 29.6 Å². The van der Waals surface area contributed by atoms with E-state index in [0.717, 1.165) is 103 Å². The molecule has 9 fully saturated rings. The van der Waals surface area contributed by atoms with E-state index < -0.39 is 11.1 Å². The van der Waals surface area contributed by atoms with Gasteiger partial charge in [-0.15, -0.1) is 0 Å². The summed E-state index contributed by atoms with van der Waals surface area (Å²) in [6.45, 7) is 2.81. The van der Waals surface area contributed by atoms with Crippen LogP contribution in [0.1, 0.15) is 83.5 Å². The first kappa shape index (κ1) is 34.4. The highest BCUT2D eigenvalue weighted by Crippen LogP contribution is 2.39. The summed E-state index contributed by atoms with van der Waals surface area (Å²) >= 11 is 5.14. The number of aliphatic hydroxyl groups is 2. The Bertz CT molecular complexity index is 1070. The molecule has 0 radical (unpaired) electrons. The Kier molecular flexibility index (Phi) is 11.4. The van der Waals surface area contributed by atoms with Crippen molar-refractivity contribution in [2.45, 2.75) is 94.5 Å². The molecule has 4 bridgehead atoms. The SMILES string of the molecule is O=C(Cl)C1CCC1.O=C(OCC1(COC(=O)C2CCC2)C(=O)C2CCN1CC2)C1CCC1.O=C1C2CCN(CC2)C1(CO)CO. The summed E-state index contributed by atoms with van der Waals surface area (Å²) in [5.41, 5.74) is -1.92. The molecule has 6 saturated heterocycles. The number of nitrogens with zero attached hydrogens (tertiary/aromatic N) is 2. The molecule has 12 heteroatoms. The number of ketones is 2. The number of carbonyl (C=O) groups is 5. The first-order valence-corrected chi connectivity index (χ1v) is 17.4. The predicted octanol–water partition coefficient (Wildman–Crippen LogP) is 2.26. The number of carbonyl (C=O) groups excluding carboxylic acids is 5. The first-order chi connectivity index (χ1) is 21.6. The quantitative estimate of drug-likeness (QED) is 0.279. The molecule has 3 aliphatic carbocycles. The maximum atomic E-state index is 13.0. The summed E-state index contributed by atoms with van der Waals surface area (Å²) < 4.78 is 11.1. The van der Waals surface area contributed by atoms with Gasteiger partial charge in [-0.3, -0.25) is 33.8 Å². The number of ether oxygens (including phenoxy) is 2. The average molecular weight is 653 g/mol. The van der Waals surface area contributed by atoms with Gasteiger partial charge < -0.3 is 19.7 Å². The number of esters is 2. The minimum Gasteiger partial charge on any atom is -0.463 e. The van der Waals surface area contributed by atoms with Crippen molar-refractivity contribution < 1.29 is 43.7 Å². The predicted molar refractivity (Wildman–Crippen MR) is 163 cm³/mol. The molecular formula is C33H49ClN2O9. The van der Waals surface area contributed by atoms with Crippen LogP contribution < -0.4 is 0 Å². The Balaban J connectivity index is 0.000000165. The van der Waals surface area contributed by atoms with E-state index in [4.69, 9.17) is 21.1 Å². The molecule has 0 atom stereocenters. The van der Waals surface area contributed by atoms with Gasteiger partial charge in [0.1, 0.15) is 24.3 Å². The largest absolute Gasteiger partial charge is 0.463 e. The molecule has 252 valence electrons. The number of Topliss-reactive ketones (excluding diaryl/α,β-unsaturated/α-hetero) is 2. The van der Waals surface area contributed by atoms with Crippen LogP contribution in [-0.2, 0) is 33.4 Å². The molecule has 6 aliphatic heterocycles. The fourth-order valence-corrected chi connectivity index (χ4v) is 7.74. The number of fused-ring (bicyclic) bond motifs is 6. The van der Waals surface area contributed by atoms with E-state index in [1.54, 1.807) is 0 Å². The summed E-state index contributed by atoms with van der Waals surface area (Å²) in [7, 11) is 0. The van der Waals surface area contributed by atoms with E-state index in [1.807, 2.05) is 4.90 Å². The molecular weight excluding hydrogens is 604 g/mol. The van der Waals surface area contributed by atoms with E-state index >= 15 is 0 Å². The molecule has 0 amide bonds. The number of aliphatic hydroxyl groups excluding tert-OH is 2.